The molecule has 1 aromatic rings. The van der Waals surface area contributed by atoms with Gasteiger partial charge in [-0.1, -0.05) is 11.8 Å². The first-order valence-electron chi connectivity index (χ1n) is 5.01. The molecule has 0 N–H and O–H groups in total. The third-order valence-corrected chi connectivity index (χ3v) is 2.55. The van der Waals surface area contributed by atoms with Gasteiger partial charge in [0.2, 0.25) is 0 Å². The second-order valence-electron chi connectivity index (χ2n) is 3.22. The van der Waals surface area contributed by atoms with Crippen LogP contribution in [-0.2, 0) is 14.3 Å². The number of carbonyl (C=O) groups is 2. The molecule has 0 fully saturated rings. The van der Waals surface area contributed by atoms with Crippen molar-refractivity contribution in [2.45, 2.75) is 6.92 Å². The minimum atomic E-state index is -1.09. The number of halogens is 2. The minimum Gasteiger partial charge on any atom is -0.872 e. The average molecular weight is 323 g/mol. The van der Waals surface area contributed by atoms with Gasteiger partial charge < -0.3 is 9.84 Å². The van der Waals surface area contributed by atoms with Crippen LogP contribution in [0.3, 0.4) is 0 Å². The topological polar surface area (TPSA) is 66.4 Å². The van der Waals surface area contributed by atoms with Crippen LogP contribution in [0, 0.1) is 5.82 Å². The summed E-state index contributed by atoms with van der Waals surface area (Å²) >= 11 is 2.92. The first-order valence-corrected chi connectivity index (χ1v) is 5.80. The van der Waals surface area contributed by atoms with Gasteiger partial charge in [-0.15, -0.1) is 0 Å². The molecule has 0 atom stereocenters. The zero-order valence-electron chi connectivity index (χ0n) is 10.4. The molecule has 0 saturated carbocycles. The Bertz CT molecular complexity index is 516. The molecule has 1 aromatic carbocycles. The summed E-state index contributed by atoms with van der Waals surface area (Å²) in [6, 6.07) is 3.53. The Hall–Kier alpha value is -1.09. The standard InChI is InChI=1S/C12H10BrFO4.Li/c1-2-18-12(17)11(16)6-10(15)7-3-4-9(14)8(13)5-7;/h3-6,15H,2H2,1H3;/q;+1/p-1. The van der Waals surface area contributed by atoms with E-state index in [0.717, 1.165) is 6.07 Å². The molecule has 0 aliphatic carbocycles. The molecule has 0 aromatic heterocycles. The van der Waals surface area contributed by atoms with Gasteiger partial charge in [-0.25, -0.2) is 9.18 Å². The van der Waals surface area contributed by atoms with E-state index < -0.39 is 23.3 Å². The molecule has 0 amide bonds. The average Bonchev–Trinajstić information content (AvgIpc) is 2.32. The number of carbonyl (C=O) groups excluding carboxylic acids is 2. The maximum Gasteiger partial charge on any atom is 1.00 e. The van der Waals surface area contributed by atoms with E-state index in [2.05, 4.69) is 20.7 Å². The Morgan fingerprint density at radius 1 is 1.47 bits per heavy atom. The van der Waals surface area contributed by atoms with Crippen molar-refractivity contribution in [1.82, 2.24) is 0 Å². The van der Waals surface area contributed by atoms with Gasteiger partial charge in [-0.2, -0.15) is 0 Å². The Labute approximate surface area is 129 Å². The Balaban J connectivity index is 0.00000324. The van der Waals surface area contributed by atoms with Gasteiger partial charge >= 0.3 is 24.8 Å². The van der Waals surface area contributed by atoms with Crippen LogP contribution in [0.1, 0.15) is 12.5 Å². The van der Waals surface area contributed by atoms with Crippen molar-refractivity contribution < 1.29 is 42.7 Å². The number of benzene rings is 1. The number of rotatable bonds is 4. The summed E-state index contributed by atoms with van der Waals surface area (Å²) in [5, 5.41) is 11.6. The van der Waals surface area contributed by atoms with E-state index in [1.807, 2.05) is 0 Å². The Kier molecular flexibility index (Phi) is 7.68. The summed E-state index contributed by atoms with van der Waals surface area (Å²) in [5.41, 5.74) is 0.0981. The van der Waals surface area contributed by atoms with Crippen molar-refractivity contribution in [3.63, 3.8) is 0 Å². The van der Waals surface area contributed by atoms with E-state index in [9.17, 15) is 19.1 Å². The van der Waals surface area contributed by atoms with Crippen molar-refractivity contribution in [3.05, 3.63) is 40.1 Å². The molecule has 0 unspecified atom stereocenters. The summed E-state index contributed by atoms with van der Waals surface area (Å²) in [5.74, 6) is -3.34. The van der Waals surface area contributed by atoms with Crippen molar-refractivity contribution in [2.75, 3.05) is 6.61 Å². The van der Waals surface area contributed by atoms with Gasteiger partial charge in [0.25, 0.3) is 5.78 Å². The summed E-state index contributed by atoms with van der Waals surface area (Å²) in [4.78, 5) is 22.2. The number of hydrogen-bond donors (Lipinski definition) is 0. The van der Waals surface area contributed by atoms with Crippen molar-refractivity contribution in [3.8, 4) is 0 Å². The van der Waals surface area contributed by atoms with Crippen LogP contribution in [0.15, 0.2) is 28.7 Å². The first-order chi connectivity index (χ1) is 8.45. The fourth-order valence-electron chi connectivity index (χ4n) is 1.11. The van der Waals surface area contributed by atoms with Gasteiger partial charge in [0.1, 0.15) is 5.82 Å². The maximum atomic E-state index is 12.9. The van der Waals surface area contributed by atoms with Gasteiger partial charge in [0, 0.05) is 0 Å². The summed E-state index contributed by atoms with van der Waals surface area (Å²) in [6.07, 6.45) is 0.623. The van der Waals surface area contributed by atoms with Gasteiger partial charge in [-0.05, 0) is 46.6 Å². The monoisotopic (exact) mass is 322 g/mol. The van der Waals surface area contributed by atoms with Crippen LogP contribution in [0.25, 0.3) is 5.76 Å². The molecule has 4 nitrogen and oxygen atoms in total. The predicted octanol–water partition coefficient (Wildman–Crippen LogP) is -1.57. The SMILES string of the molecule is CCOC(=O)C(=O)C=C([O-])c1ccc(F)c(Br)c1.[Li+]. The van der Waals surface area contributed by atoms with Crippen LogP contribution in [0.5, 0.6) is 0 Å². The van der Waals surface area contributed by atoms with E-state index in [4.69, 9.17) is 0 Å². The number of ether oxygens (including phenoxy) is 1. The largest absolute Gasteiger partial charge is 1.00 e. The van der Waals surface area contributed by atoms with Crippen LogP contribution >= 0.6 is 15.9 Å². The molecular formula is C12H9BrFLiO4. The molecule has 0 radical (unpaired) electrons. The van der Waals surface area contributed by atoms with Gasteiger partial charge in [0.05, 0.1) is 11.1 Å². The molecule has 0 saturated heterocycles. The van der Waals surface area contributed by atoms with Crippen LogP contribution in [0.2, 0.25) is 0 Å². The maximum absolute atomic E-state index is 12.9. The third kappa shape index (κ3) is 5.19. The van der Waals surface area contributed by atoms with E-state index in [1.165, 1.54) is 12.1 Å². The Morgan fingerprint density at radius 2 is 2.11 bits per heavy atom. The second kappa shape index (κ2) is 8.15. The van der Waals surface area contributed by atoms with Crippen molar-refractivity contribution >= 4 is 33.4 Å². The summed E-state index contributed by atoms with van der Waals surface area (Å²) < 4.78 is 17.5. The predicted molar refractivity (Wildman–Crippen MR) is 63.7 cm³/mol. The molecule has 7 heteroatoms. The van der Waals surface area contributed by atoms with Gasteiger partial charge in [-0.3, -0.25) is 4.79 Å². The fraction of sp³-hybridized carbons (Fsp3) is 0.167. The molecule has 96 valence electrons. The Morgan fingerprint density at radius 3 is 2.63 bits per heavy atom. The molecular weight excluding hydrogens is 314 g/mol. The molecule has 19 heavy (non-hydrogen) atoms. The second-order valence-corrected chi connectivity index (χ2v) is 4.08. The molecule has 0 bridgehead atoms. The van der Waals surface area contributed by atoms with Crippen LogP contribution in [-0.4, -0.2) is 18.4 Å². The van der Waals surface area contributed by atoms with Gasteiger partial charge in [0.15, 0.2) is 0 Å². The number of esters is 1. The quantitative estimate of drug-likeness (QED) is 0.221. The molecule has 0 heterocycles. The number of hydrogen-bond acceptors (Lipinski definition) is 4. The fourth-order valence-corrected chi connectivity index (χ4v) is 1.49. The van der Waals surface area contributed by atoms with Crippen LogP contribution < -0.4 is 24.0 Å². The first kappa shape index (κ1) is 17.9. The molecule has 0 spiro atoms. The molecule has 0 aliphatic heterocycles. The summed E-state index contributed by atoms with van der Waals surface area (Å²) in [6.45, 7) is 1.60. The number of ketones is 1. The smallest absolute Gasteiger partial charge is 0.872 e. The van der Waals surface area contributed by atoms with E-state index in [-0.39, 0.29) is 35.5 Å². The minimum absolute atomic E-state index is 0. The zero-order valence-corrected chi connectivity index (χ0v) is 12.0. The molecule has 0 aliphatic rings. The molecule has 1 rings (SSSR count). The normalized spacial score (nSPS) is 10.6. The van der Waals surface area contributed by atoms with Crippen LogP contribution in [0.4, 0.5) is 4.39 Å². The van der Waals surface area contributed by atoms with E-state index in [1.54, 1.807) is 6.92 Å². The van der Waals surface area contributed by atoms with E-state index >= 15 is 0 Å². The third-order valence-electron chi connectivity index (χ3n) is 1.94. The van der Waals surface area contributed by atoms with Crippen molar-refractivity contribution in [1.29, 1.82) is 0 Å². The zero-order chi connectivity index (χ0) is 13.7. The van der Waals surface area contributed by atoms with Crippen molar-refractivity contribution in [2.24, 2.45) is 0 Å². The van der Waals surface area contributed by atoms with E-state index in [0.29, 0.717) is 6.08 Å². The summed E-state index contributed by atoms with van der Waals surface area (Å²) in [7, 11) is 0.